The fourth-order valence-corrected chi connectivity index (χ4v) is 3.08. The summed E-state index contributed by atoms with van der Waals surface area (Å²) in [6, 6.07) is 0. The molecule has 1 atom stereocenters. The number of amides is 1. The molecule has 2 saturated heterocycles. The van der Waals surface area contributed by atoms with E-state index < -0.39 is 0 Å². The number of rotatable bonds is 6. The van der Waals surface area contributed by atoms with E-state index in [0.717, 1.165) is 26.0 Å². The first-order valence-electron chi connectivity index (χ1n) is 8.36. The predicted molar refractivity (Wildman–Crippen MR) is 85.1 cm³/mol. The normalized spacial score (nSPS) is 24.0. The molecule has 0 bridgehead atoms. The highest BCUT2D eigenvalue weighted by molar-refractivity contribution is 5.78. The molecule has 0 saturated carbocycles. The Kier molecular flexibility index (Phi) is 6.71. The number of likely N-dealkylation sites (tertiary alicyclic amines) is 1. The third kappa shape index (κ3) is 5.79. The quantitative estimate of drug-likeness (QED) is 0.764. The number of hydrogen-bond acceptors (Lipinski definition) is 3. The lowest BCUT2D eigenvalue weighted by Gasteiger charge is -2.32. The number of ether oxygens (including phenoxy) is 1. The number of carbonyl (C=O) groups is 1. The van der Waals surface area contributed by atoms with Gasteiger partial charge >= 0.3 is 0 Å². The zero-order chi connectivity index (χ0) is 15.1. The van der Waals surface area contributed by atoms with E-state index in [9.17, 15) is 4.79 Å². The smallest absolute Gasteiger partial charge is 0.225 e. The van der Waals surface area contributed by atoms with Crippen molar-refractivity contribution < 1.29 is 9.53 Å². The van der Waals surface area contributed by atoms with E-state index in [-0.39, 0.29) is 11.8 Å². The van der Waals surface area contributed by atoms with Gasteiger partial charge in [-0.1, -0.05) is 11.6 Å². The lowest BCUT2D eigenvalue weighted by Crippen LogP contribution is -2.40. The molecule has 0 radical (unpaired) electrons. The maximum absolute atomic E-state index is 11.9. The third-order valence-corrected chi connectivity index (χ3v) is 4.57. The molecule has 2 heterocycles. The SMILES string of the molecule is CC(C)=CCCN1CCC(CNC(=O)C2CCOC2)CC1. The van der Waals surface area contributed by atoms with Crippen molar-refractivity contribution in [2.45, 2.75) is 39.5 Å². The van der Waals surface area contributed by atoms with Gasteiger partial charge in [-0.2, -0.15) is 0 Å². The maximum atomic E-state index is 11.9. The van der Waals surface area contributed by atoms with Crippen LogP contribution in [0.1, 0.15) is 39.5 Å². The standard InChI is InChI=1S/C17H30N2O2/c1-14(2)4-3-8-19-9-5-15(6-10-19)12-18-17(20)16-7-11-21-13-16/h4,15-16H,3,5-13H2,1-2H3,(H,18,20). The van der Waals surface area contributed by atoms with Gasteiger partial charge in [0.2, 0.25) is 5.91 Å². The van der Waals surface area contributed by atoms with E-state index in [0.29, 0.717) is 12.5 Å². The van der Waals surface area contributed by atoms with Crippen LogP contribution in [0.4, 0.5) is 0 Å². The Labute approximate surface area is 128 Å². The summed E-state index contributed by atoms with van der Waals surface area (Å²) in [6.07, 6.45) is 6.77. The molecule has 0 aromatic carbocycles. The molecule has 21 heavy (non-hydrogen) atoms. The Balaban J connectivity index is 1.58. The Morgan fingerprint density at radius 2 is 2.05 bits per heavy atom. The van der Waals surface area contributed by atoms with Gasteiger partial charge in [-0.3, -0.25) is 4.79 Å². The number of carbonyl (C=O) groups excluding carboxylic acids is 1. The topological polar surface area (TPSA) is 41.6 Å². The molecule has 120 valence electrons. The molecular weight excluding hydrogens is 264 g/mol. The summed E-state index contributed by atoms with van der Waals surface area (Å²) in [5.74, 6) is 0.934. The summed E-state index contributed by atoms with van der Waals surface area (Å²) in [6.45, 7) is 10.0. The fourth-order valence-electron chi connectivity index (χ4n) is 3.08. The van der Waals surface area contributed by atoms with Crippen molar-refractivity contribution in [3.8, 4) is 0 Å². The van der Waals surface area contributed by atoms with Crippen LogP contribution in [0.2, 0.25) is 0 Å². The van der Waals surface area contributed by atoms with Crippen molar-refractivity contribution in [2.24, 2.45) is 11.8 Å². The van der Waals surface area contributed by atoms with Crippen molar-refractivity contribution >= 4 is 5.91 Å². The molecule has 0 aromatic rings. The number of allylic oxidation sites excluding steroid dienone is 1. The second-order valence-corrected chi connectivity index (χ2v) is 6.66. The molecule has 4 nitrogen and oxygen atoms in total. The van der Waals surface area contributed by atoms with Gasteiger partial charge in [-0.25, -0.2) is 0 Å². The Morgan fingerprint density at radius 1 is 1.29 bits per heavy atom. The van der Waals surface area contributed by atoms with Crippen LogP contribution in [0.5, 0.6) is 0 Å². The van der Waals surface area contributed by atoms with Gasteiger partial charge in [0, 0.05) is 19.7 Å². The van der Waals surface area contributed by atoms with Gasteiger partial charge in [0.1, 0.15) is 0 Å². The Morgan fingerprint density at radius 3 is 2.67 bits per heavy atom. The van der Waals surface area contributed by atoms with Crippen LogP contribution < -0.4 is 5.32 Å². The minimum atomic E-state index is 0.0918. The second-order valence-electron chi connectivity index (χ2n) is 6.66. The third-order valence-electron chi connectivity index (χ3n) is 4.57. The van der Waals surface area contributed by atoms with E-state index in [2.05, 4.69) is 30.1 Å². The van der Waals surface area contributed by atoms with Crippen LogP contribution >= 0.6 is 0 Å². The summed E-state index contributed by atoms with van der Waals surface area (Å²) in [7, 11) is 0. The molecule has 2 rings (SSSR count). The molecule has 0 aromatic heterocycles. The monoisotopic (exact) mass is 294 g/mol. The molecule has 2 aliphatic rings. The van der Waals surface area contributed by atoms with E-state index >= 15 is 0 Å². The number of piperidine rings is 1. The highest BCUT2D eigenvalue weighted by Gasteiger charge is 2.25. The molecular formula is C17H30N2O2. The Hall–Kier alpha value is -0.870. The molecule has 1 amide bonds. The minimum absolute atomic E-state index is 0.0918. The van der Waals surface area contributed by atoms with Crippen LogP contribution in [0, 0.1) is 11.8 Å². The molecule has 2 fully saturated rings. The Bertz CT molecular complexity index is 350. The van der Waals surface area contributed by atoms with Gasteiger partial charge < -0.3 is 15.0 Å². The lowest BCUT2D eigenvalue weighted by atomic mass is 9.96. The predicted octanol–water partition coefficient (Wildman–Crippen LogP) is 2.21. The van der Waals surface area contributed by atoms with Crippen LogP contribution in [-0.4, -0.2) is 50.2 Å². The molecule has 2 aliphatic heterocycles. The van der Waals surface area contributed by atoms with Crippen molar-refractivity contribution in [2.75, 3.05) is 39.4 Å². The highest BCUT2D eigenvalue weighted by Crippen LogP contribution is 2.18. The van der Waals surface area contributed by atoms with Crippen LogP contribution in [0.25, 0.3) is 0 Å². The van der Waals surface area contributed by atoms with Crippen molar-refractivity contribution in [3.05, 3.63) is 11.6 Å². The van der Waals surface area contributed by atoms with Crippen LogP contribution in [0.15, 0.2) is 11.6 Å². The minimum Gasteiger partial charge on any atom is -0.381 e. The van der Waals surface area contributed by atoms with Gasteiger partial charge in [0.15, 0.2) is 0 Å². The first kappa shape index (κ1) is 16.5. The first-order chi connectivity index (χ1) is 10.1. The fraction of sp³-hybridized carbons (Fsp3) is 0.824. The zero-order valence-electron chi connectivity index (χ0n) is 13.6. The summed E-state index contributed by atoms with van der Waals surface area (Å²) >= 11 is 0. The van der Waals surface area contributed by atoms with Crippen molar-refractivity contribution in [1.82, 2.24) is 10.2 Å². The maximum Gasteiger partial charge on any atom is 0.225 e. The van der Waals surface area contributed by atoms with Gasteiger partial charge in [0.25, 0.3) is 0 Å². The van der Waals surface area contributed by atoms with E-state index in [1.54, 1.807) is 0 Å². The van der Waals surface area contributed by atoms with Gasteiger partial charge in [0.05, 0.1) is 12.5 Å². The van der Waals surface area contributed by atoms with Crippen molar-refractivity contribution in [3.63, 3.8) is 0 Å². The van der Waals surface area contributed by atoms with E-state index in [1.807, 2.05) is 0 Å². The van der Waals surface area contributed by atoms with E-state index in [1.165, 1.54) is 38.0 Å². The summed E-state index contributed by atoms with van der Waals surface area (Å²) < 4.78 is 5.27. The summed E-state index contributed by atoms with van der Waals surface area (Å²) in [5, 5.41) is 3.12. The first-order valence-corrected chi connectivity index (χ1v) is 8.36. The van der Waals surface area contributed by atoms with Gasteiger partial charge in [-0.15, -0.1) is 0 Å². The molecule has 0 aliphatic carbocycles. The molecule has 1 unspecified atom stereocenters. The molecule has 1 N–H and O–H groups in total. The second kappa shape index (κ2) is 8.54. The lowest BCUT2D eigenvalue weighted by molar-refractivity contribution is -0.125. The van der Waals surface area contributed by atoms with Crippen LogP contribution in [0.3, 0.4) is 0 Å². The van der Waals surface area contributed by atoms with E-state index in [4.69, 9.17) is 4.74 Å². The molecule has 0 spiro atoms. The van der Waals surface area contributed by atoms with Crippen molar-refractivity contribution in [1.29, 1.82) is 0 Å². The average molecular weight is 294 g/mol. The van der Waals surface area contributed by atoms with Crippen LogP contribution in [-0.2, 0) is 9.53 Å². The number of nitrogens with zero attached hydrogens (tertiary/aromatic N) is 1. The summed E-state index contributed by atoms with van der Waals surface area (Å²) in [5.41, 5.74) is 1.41. The number of hydrogen-bond donors (Lipinski definition) is 1. The molecule has 4 heteroatoms. The highest BCUT2D eigenvalue weighted by atomic mass is 16.5. The largest absolute Gasteiger partial charge is 0.381 e. The zero-order valence-corrected chi connectivity index (χ0v) is 13.6. The average Bonchev–Trinajstić information content (AvgIpc) is 3.00. The van der Waals surface area contributed by atoms with Gasteiger partial charge in [-0.05, 0) is 58.5 Å². The number of nitrogens with one attached hydrogen (secondary N) is 1. The summed E-state index contributed by atoms with van der Waals surface area (Å²) in [4.78, 5) is 14.5.